The minimum Gasteiger partial charge on any atom is -0.481 e. The van der Waals surface area contributed by atoms with Gasteiger partial charge in [-0.05, 0) is 20.8 Å². The second kappa shape index (κ2) is 5.22. The Morgan fingerprint density at radius 3 is 2.58 bits per heavy atom. The Balaban J connectivity index is 2.25. The number of methoxy groups -OCH3 is 1. The fourth-order valence-electron chi connectivity index (χ4n) is 2.04. The van der Waals surface area contributed by atoms with Gasteiger partial charge in [-0.15, -0.1) is 0 Å². The second-order valence-electron chi connectivity index (χ2n) is 4.37. The maximum atomic E-state index is 12.3. The third-order valence-corrected chi connectivity index (χ3v) is 3.09. The van der Waals surface area contributed by atoms with E-state index in [-0.39, 0.29) is 12.2 Å². The molecule has 0 spiro atoms. The summed E-state index contributed by atoms with van der Waals surface area (Å²) in [5.74, 6) is 1.88. The summed E-state index contributed by atoms with van der Waals surface area (Å²) >= 11 is 0. The van der Waals surface area contributed by atoms with Gasteiger partial charge < -0.3 is 9.15 Å². The molecule has 0 aliphatic carbocycles. The van der Waals surface area contributed by atoms with Crippen LogP contribution in [-0.2, 0) is 6.42 Å². The molecule has 2 aromatic heterocycles. The summed E-state index contributed by atoms with van der Waals surface area (Å²) in [6, 6.07) is 1.66. The van der Waals surface area contributed by atoms with Crippen LogP contribution in [0.5, 0.6) is 5.88 Å². The van der Waals surface area contributed by atoms with E-state index in [4.69, 9.17) is 9.15 Å². The van der Waals surface area contributed by atoms with Gasteiger partial charge in [-0.2, -0.15) is 0 Å². The normalized spacial score (nSPS) is 10.5. The monoisotopic (exact) mass is 260 g/mol. The Hall–Kier alpha value is -2.17. The standard InChI is InChI=1S/C14H16N2O3/c1-8-9(2)19-10(3)14(8)12(17)5-11-6-13(18-4)16-7-15-11/h6-7H,5H2,1-4H3. The SMILES string of the molecule is COc1cc(CC(=O)c2c(C)oc(C)c2C)ncn1. The van der Waals surface area contributed by atoms with Gasteiger partial charge in [0.1, 0.15) is 17.8 Å². The Kier molecular flexibility index (Phi) is 3.64. The zero-order valence-corrected chi connectivity index (χ0v) is 11.5. The molecule has 5 nitrogen and oxygen atoms in total. The summed E-state index contributed by atoms with van der Waals surface area (Å²) in [6.07, 6.45) is 1.60. The molecule has 0 saturated carbocycles. The van der Waals surface area contributed by atoms with Crippen molar-refractivity contribution in [2.75, 3.05) is 7.11 Å². The minimum atomic E-state index is -0.00685. The highest BCUT2D eigenvalue weighted by Crippen LogP contribution is 2.22. The number of nitrogens with zero attached hydrogens (tertiary/aromatic N) is 2. The lowest BCUT2D eigenvalue weighted by Gasteiger charge is -2.03. The molecule has 0 aliphatic rings. The molecule has 0 aliphatic heterocycles. The van der Waals surface area contributed by atoms with Crippen LogP contribution in [0, 0.1) is 20.8 Å². The van der Waals surface area contributed by atoms with Gasteiger partial charge >= 0.3 is 0 Å². The maximum absolute atomic E-state index is 12.3. The lowest BCUT2D eigenvalue weighted by Crippen LogP contribution is -2.07. The zero-order valence-electron chi connectivity index (χ0n) is 11.5. The number of ketones is 1. The van der Waals surface area contributed by atoms with Crippen LogP contribution in [0.2, 0.25) is 0 Å². The van der Waals surface area contributed by atoms with Gasteiger partial charge in [0.05, 0.1) is 24.8 Å². The first-order valence-electron chi connectivity index (χ1n) is 5.97. The summed E-state index contributed by atoms with van der Waals surface area (Å²) in [5.41, 5.74) is 2.17. The second-order valence-corrected chi connectivity index (χ2v) is 4.37. The highest BCUT2D eigenvalue weighted by molar-refractivity contribution is 5.99. The smallest absolute Gasteiger partial charge is 0.216 e. The summed E-state index contributed by atoms with van der Waals surface area (Å²) in [4.78, 5) is 20.3. The molecule has 0 amide bonds. The van der Waals surface area contributed by atoms with E-state index < -0.39 is 0 Å². The van der Waals surface area contributed by atoms with E-state index in [9.17, 15) is 4.79 Å². The number of Topliss-reactive ketones (excluding diaryl/α,β-unsaturated/α-hetero) is 1. The molecule has 5 heteroatoms. The van der Waals surface area contributed by atoms with Crippen molar-refractivity contribution in [1.29, 1.82) is 0 Å². The molecular formula is C14H16N2O3. The van der Waals surface area contributed by atoms with Crippen molar-refractivity contribution in [3.63, 3.8) is 0 Å². The highest BCUT2D eigenvalue weighted by Gasteiger charge is 2.19. The van der Waals surface area contributed by atoms with Gasteiger partial charge in [-0.1, -0.05) is 0 Å². The highest BCUT2D eigenvalue weighted by atomic mass is 16.5. The van der Waals surface area contributed by atoms with Crippen LogP contribution < -0.4 is 4.74 Å². The molecule has 0 N–H and O–H groups in total. The van der Waals surface area contributed by atoms with E-state index >= 15 is 0 Å². The Labute approximate surface area is 111 Å². The number of ether oxygens (including phenoxy) is 1. The van der Waals surface area contributed by atoms with Crippen LogP contribution in [0.15, 0.2) is 16.8 Å². The Morgan fingerprint density at radius 1 is 1.26 bits per heavy atom. The largest absolute Gasteiger partial charge is 0.481 e. The van der Waals surface area contributed by atoms with E-state index in [2.05, 4.69) is 9.97 Å². The quantitative estimate of drug-likeness (QED) is 0.790. The molecule has 0 unspecified atom stereocenters. The third-order valence-electron chi connectivity index (χ3n) is 3.09. The topological polar surface area (TPSA) is 65.2 Å². The lowest BCUT2D eigenvalue weighted by atomic mass is 10.0. The lowest BCUT2D eigenvalue weighted by molar-refractivity contribution is 0.0990. The first-order valence-corrected chi connectivity index (χ1v) is 5.97. The van der Waals surface area contributed by atoms with Crippen LogP contribution in [-0.4, -0.2) is 22.9 Å². The van der Waals surface area contributed by atoms with Crippen molar-refractivity contribution >= 4 is 5.78 Å². The number of carbonyl (C=O) groups is 1. The van der Waals surface area contributed by atoms with Gasteiger partial charge in [-0.3, -0.25) is 4.79 Å². The van der Waals surface area contributed by atoms with Gasteiger partial charge in [0.2, 0.25) is 5.88 Å². The predicted molar refractivity (Wildman–Crippen MR) is 69.5 cm³/mol. The molecule has 0 fully saturated rings. The van der Waals surface area contributed by atoms with E-state index in [1.165, 1.54) is 13.4 Å². The molecule has 0 bridgehead atoms. The third kappa shape index (κ3) is 2.65. The molecule has 2 rings (SSSR count). The van der Waals surface area contributed by atoms with Crippen LogP contribution in [0.3, 0.4) is 0 Å². The average Bonchev–Trinajstić information content (AvgIpc) is 2.63. The van der Waals surface area contributed by atoms with E-state index in [1.807, 2.05) is 13.8 Å². The number of aromatic nitrogens is 2. The van der Waals surface area contributed by atoms with Crippen molar-refractivity contribution in [1.82, 2.24) is 9.97 Å². The van der Waals surface area contributed by atoms with Crippen LogP contribution in [0.25, 0.3) is 0 Å². The van der Waals surface area contributed by atoms with Crippen molar-refractivity contribution in [2.24, 2.45) is 0 Å². The maximum Gasteiger partial charge on any atom is 0.216 e. The van der Waals surface area contributed by atoms with Gasteiger partial charge in [-0.25, -0.2) is 9.97 Å². The van der Waals surface area contributed by atoms with Crippen molar-refractivity contribution in [3.05, 3.63) is 40.7 Å². The van der Waals surface area contributed by atoms with Crippen LogP contribution in [0.4, 0.5) is 0 Å². The first kappa shape index (κ1) is 13.3. The number of furan rings is 1. The van der Waals surface area contributed by atoms with Crippen LogP contribution >= 0.6 is 0 Å². The number of aryl methyl sites for hydroxylation is 2. The van der Waals surface area contributed by atoms with E-state index in [0.29, 0.717) is 22.9 Å². The number of carbonyl (C=O) groups excluding carboxylic acids is 1. The first-order chi connectivity index (χ1) is 9.02. The van der Waals surface area contributed by atoms with Crippen LogP contribution in [0.1, 0.15) is 33.1 Å². The summed E-state index contributed by atoms with van der Waals surface area (Å²) < 4.78 is 10.5. The average molecular weight is 260 g/mol. The summed E-state index contributed by atoms with van der Waals surface area (Å²) in [7, 11) is 1.53. The molecule has 0 radical (unpaired) electrons. The fraction of sp³-hybridized carbons (Fsp3) is 0.357. The number of hydrogen-bond acceptors (Lipinski definition) is 5. The Morgan fingerprint density at radius 2 is 2.00 bits per heavy atom. The fourth-order valence-corrected chi connectivity index (χ4v) is 2.04. The molecule has 2 heterocycles. The van der Waals surface area contributed by atoms with E-state index in [1.54, 1.807) is 13.0 Å². The molecule has 100 valence electrons. The number of hydrogen-bond donors (Lipinski definition) is 0. The number of rotatable bonds is 4. The molecule has 19 heavy (non-hydrogen) atoms. The van der Waals surface area contributed by atoms with Gasteiger partial charge in [0, 0.05) is 11.6 Å². The van der Waals surface area contributed by atoms with Gasteiger partial charge in [0.25, 0.3) is 0 Å². The minimum absolute atomic E-state index is 0.00685. The molecule has 0 saturated heterocycles. The molecule has 2 aromatic rings. The predicted octanol–water partition coefficient (Wildman–Crippen LogP) is 2.43. The molecule has 0 aromatic carbocycles. The van der Waals surface area contributed by atoms with E-state index in [0.717, 1.165) is 11.3 Å². The van der Waals surface area contributed by atoms with Crippen molar-refractivity contribution in [3.8, 4) is 5.88 Å². The summed E-state index contributed by atoms with van der Waals surface area (Å²) in [5, 5.41) is 0. The summed E-state index contributed by atoms with van der Waals surface area (Å²) in [6.45, 7) is 5.54. The molecule has 0 atom stereocenters. The van der Waals surface area contributed by atoms with Crippen molar-refractivity contribution in [2.45, 2.75) is 27.2 Å². The van der Waals surface area contributed by atoms with Gasteiger partial charge in [0.15, 0.2) is 5.78 Å². The van der Waals surface area contributed by atoms with Crippen molar-refractivity contribution < 1.29 is 13.9 Å². The Bertz CT molecular complexity index is 617. The molecular weight excluding hydrogens is 244 g/mol. The zero-order chi connectivity index (χ0) is 14.0.